The van der Waals surface area contributed by atoms with Crippen molar-refractivity contribution in [3.05, 3.63) is 60.3 Å². The number of fused-ring (bicyclic) bond motifs is 1. The molecule has 0 radical (unpaired) electrons. The lowest BCUT2D eigenvalue weighted by Crippen LogP contribution is -1.94. The molecule has 0 atom stereocenters. The van der Waals surface area contributed by atoms with Gasteiger partial charge in [0, 0.05) is 12.4 Å². The molecule has 0 fully saturated rings. The first-order valence-electron chi connectivity index (χ1n) is 5.61. The summed E-state index contributed by atoms with van der Waals surface area (Å²) in [6.07, 6.45) is 3.21. The van der Waals surface area contributed by atoms with Crippen LogP contribution in [-0.4, -0.2) is 20.5 Å². The standard InChI is InChI=1S/C14H9FN2O2/c15-11-4-1-9(2-5-11)10-3-6-13-16-12(14(18)19)8-17(13)7-10/h1-8H,(H,18,19). The van der Waals surface area contributed by atoms with E-state index in [1.807, 2.05) is 6.07 Å². The molecule has 5 heteroatoms. The summed E-state index contributed by atoms with van der Waals surface area (Å²) in [4.78, 5) is 14.8. The van der Waals surface area contributed by atoms with Crippen molar-refractivity contribution in [3.8, 4) is 11.1 Å². The summed E-state index contributed by atoms with van der Waals surface area (Å²) in [5, 5.41) is 8.89. The fraction of sp³-hybridized carbons (Fsp3) is 0. The van der Waals surface area contributed by atoms with Crippen molar-refractivity contribution in [2.24, 2.45) is 0 Å². The van der Waals surface area contributed by atoms with Gasteiger partial charge < -0.3 is 9.51 Å². The van der Waals surface area contributed by atoms with E-state index in [-0.39, 0.29) is 11.5 Å². The Morgan fingerprint density at radius 1 is 1.05 bits per heavy atom. The molecule has 94 valence electrons. The number of carboxylic acids is 1. The van der Waals surface area contributed by atoms with Gasteiger partial charge in [-0.1, -0.05) is 12.1 Å². The van der Waals surface area contributed by atoms with Crippen molar-refractivity contribution in [1.82, 2.24) is 9.38 Å². The average molecular weight is 256 g/mol. The number of imidazole rings is 1. The number of carboxylic acid groups (broad SMARTS) is 1. The molecule has 0 bridgehead atoms. The monoisotopic (exact) mass is 256 g/mol. The molecular weight excluding hydrogens is 247 g/mol. The van der Waals surface area contributed by atoms with Crippen LogP contribution in [0.2, 0.25) is 0 Å². The molecule has 0 aliphatic heterocycles. The average Bonchev–Trinajstić information content (AvgIpc) is 2.82. The summed E-state index contributed by atoms with van der Waals surface area (Å²) < 4.78 is 14.5. The summed E-state index contributed by atoms with van der Waals surface area (Å²) in [7, 11) is 0. The third-order valence-corrected chi connectivity index (χ3v) is 2.85. The van der Waals surface area contributed by atoms with Gasteiger partial charge >= 0.3 is 5.97 Å². The van der Waals surface area contributed by atoms with Crippen molar-refractivity contribution in [2.45, 2.75) is 0 Å². The number of aromatic carboxylic acids is 1. The number of hydrogen-bond acceptors (Lipinski definition) is 2. The van der Waals surface area contributed by atoms with E-state index in [0.29, 0.717) is 5.65 Å². The molecule has 3 aromatic rings. The summed E-state index contributed by atoms with van der Waals surface area (Å²) in [6, 6.07) is 9.66. The second kappa shape index (κ2) is 4.20. The smallest absolute Gasteiger partial charge is 0.356 e. The van der Waals surface area contributed by atoms with Crippen LogP contribution < -0.4 is 0 Å². The Labute approximate surface area is 107 Å². The van der Waals surface area contributed by atoms with Crippen LogP contribution in [0.4, 0.5) is 4.39 Å². The highest BCUT2D eigenvalue weighted by molar-refractivity contribution is 5.86. The Balaban J connectivity index is 2.10. The van der Waals surface area contributed by atoms with Crippen LogP contribution >= 0.6 is 0 Å². The van der Waals surface area contributed by atoms with Crippen LogP contribution in [-0.2, 0) is 0 Å². The first-order chi connectivity index (χ1) is 9.13. The molecule has 0 amide bonds. The van der Waals surface area contributed by atoms with Gasteiger partial charge in [0.2, 0.25) is 0 Å². The fourth-order valence-electron chi connectivity index (χ4n) is 1.91. The second-order valence-corrected chi connectivity index (χ2v) is 4.12. The number of carbonyl (C=O) groups is 1. The second-order valence-electron chi connectivity index (χ2n) is 4.12. The molecule has 2 aromatic heterocycles. The maximum Gasteiger partial charge on any atom is 0.356 e. The number of halogens is 1. The summed E-state index contributed by atoms with van der Waals surface area (Å²) in [6.45, 7) is 0. The largest absolute Gasteiger partial charge is 0.476 e. The molecule has 2 heterocycles. The summed E-state index contributed by atoms with van der Waals surface area (Å²) in [5.41, 5.74) is 2.27. The normalized spacial score (nSPS) is 10.8. The zero-order chi connectivity index (χ0) is 13.4. The van der Waals surface area contributed by atoms with Crippen molar-refractivity contribution >= 4 is 11.6 Å². The van der Waals surface area contributed by atoms with Crippen molar-refractivity contribution < 1.29 is 14.3 Å². The first-order valence-corrected chi connectivity index (χ1v) is 5.61. The highest BCUT2D eigenvalue weighted by atomic mass is 19.1. The Morgan fingerprint density at radius 2 is 1.74 bits per heavy atom. The maximum absolute atomic E-state index is 12.9. The van der Waals surface area contributed by atoms with E-state index in [9.17, 15) is 9.18 Å². The van der Waals surface area contributed by atoms with E-state index in [1.165, 1.54) is 18.3 Å². The zero-order valence-corrected chi connectivity index (χ0v) is 9.75. The molecule has 0 unspecified atom stereocenters. The predicted octanol–water partition coefficient (Wildman–Crippen LogP) is 2.84. The minimum absolute atomic E-state index is 0.00347. The van der Waals surface area contributed by atoms with Crippen LogP contribution in [0.1, 0.15) is 10.5 Å². The molecule has 0 saturated carbocycles. The number of nitrogens with zero attached hydrogens (tertiary/aromatic N) is 2. The van der Waals surface area contributed by atoms with Gasteiger partial charge in [0.1, 0.15) is 11.5 Å². The van der Waals surface area contributed by atoms with Gasteiger partial charge in [-0.15, -0.1) is 0 Å². The van der Waals surface area contributed by atoms with E-state index >= 15 is 0 Å². The van der Waals surface area contributed by atoms with E-state index in [1.54, 1.807) is 28.8 Å². The molecule has 0 aliphatic rings. The van der Waals surface area contributed by atoms with Crippen LogP contribution in [0.15, 0.2) is 48.8 Å². The molecule has 1 N–H and O–H groups in total. The molecular formula is C14H9FN2O2. The Hall–Kier alpha value is -2.69. The van der Waals surface area contributed by atoms with E-state index in [0.717, 1.165) is 11.1 Å². The van der Waals surface area contributed by atoms with Crippen molar-refractivity contribution in [3.63, 3.8) is 0 Å². The van der Waals surface area contributed by atoms with Crippen LogP contribution in [0.5, 0.6) is 0 Å². The number of pyridine rings is 1. The van der Waals surface area contributed by atoms with E-state index in [2.05, 4.69) is 4.98 Å². The predicted molar refractivity (Wildman–Crippen MR) is 67.5 cm³/mol. The molecule has 4 nitrogen and oxygen atoms in total. The molecule has 0 saturated heterocycles. The van der Waals surface area contributed by atoms with Gasteiger partial charge in [-0.05, 0) is 35.4 Å². The number of aromatic nitrogens is 2. The van der Waals surface area contributed by atoms with Crippen molar-refractivity contribution in [2.75, 3.05) is 0 Å². The number of benzene rings is 1. The van der Waals surface area contributed by atoms with Gasteiger partial charge in [0.15, 0.2) is 5.69 Å². The summed E-state index contributed by atoms with van der Waals surface area (Å²) in [5.74, 6) is -1.35. The quantitative estimate of drug-likeness (QED) is 0.767. The van der Waals surface area contributed by atoms with Crippen LogP contribution in [0.3, 0.4) is 0 Å². The summed E-state index contributed by atoms with van der Waals surface area (Å²) >= 11 is 0. The highest BCUT2D eigenvalue weighted by Gasteiger charge is 2.09. The topological polar surface area (TPSA) is 54.6 Å². The molecule has 3 rings (SSSR count). The third kappa shape index (κ3) is 2.06. The Kier molecular flexibility index (Phi) is 2.52. The number of rotatable bonds is 2. The zero-order valence-electron chi connectivity index (χ0n) is 9.75. The van der Waals surface area contributed by atoms with Gasteiger partial charge in [-0.3, -0.25) is 0 Å². The fourth-order valence-corrected chi connectivity index (χ4v) is 1.91. The first kappa shape index (κ1) is 11.4. The lowest BCUT2D eigenvalue weighted by molar-refractivity contribution is 0.0691. The molecule has 0 aliphatic carbocycles. The van der Waals surface area contributed by atoms with Gasteiger partial charge in [-0.25, -0.2) is 14.2 Å². The third-order valence-electron chi connectivity index (χ3n) is 2.85. The van der Waals surface area contributed by atoms with E-state index < -0.39 is 5.97 Å². The molecule has 19 heavy (non-hydrogen) atoms. The Morgan fingerprint density at radius 3 is 2.42 bits per heavy atom. The SMILES string of the molecule is O=C(O)c1cn2cc(-c3ccc(F)cc3)ccc2n1. The molecule has 1 aromatic carbocycles. The van der Waals surface area contributed by atoms with Gasteiger partial charge in [0.05, 0.1) is 0 Å². The molecule has 0 spiro atoms. The minimum Gasteiger partial charge on any atom is -0.476 e. The lowest BCUT2D eigenvalue weighted by atomic mass is 10.1. The number of hydrogen-bond donors (Lipinski definition) is 1. The van der Waals surface area contributed by atoms with Crippen LogP contribution in [0, 0.1) is 5.82 Å². The van der Waals surface area contributed by atoms with Crippen molar-refractivity contribution in [1.29, 1.82) is 0 Å². The minimum atomic E-state index is -1.06. The van der Waals surface area contributed by atoms with E-state index in [4.69, 9.17) is 5.11 Å². The van der Waals surface area contributed by atoms with Crippen LogP contribution in [0.25, 0.3) is 16.8 Å². The highest BCUT2D eigenvalue weighted by Crippen LogP contribution is 2.20. The van der Waals surface area contributed by atoms with Gasteiger partial charge in [-0.2, -0.15) is 0 Å². The van der Waals surface area contributed by atoms with Gasteiger partial charge in [0.25, 0.3) is 0 Å². The maximum atomic E-state index is 12.9. The Bertz CT molecular complexity index is 763. The lowest BCUT2D eigenvalue weighted by Gasteiger charge is -2.02.